The largest absolute Gasteiger partial charge is 0.496 e. The van der Waals surface area contributed by atoms with Crippen molar-refractivity contribution in [2.24, 2.45) is 10.7 Å². The molecule has 6 heteroatoms. The van der Waals surface area contributed by atoms with Gasteiger partial charge in [-0.25, -0.2) is 0 Å². The maximum absolute atomic E-state index is 5.76. The standard InChI is InChI=1S/C14H23N3O2.HI/c1-11(10-17-14(15)16-8-9-18-2)12-6-4-5-7-13(12)19-3;/h4-7,11H,8-10H2,1-3H3,(H3,15,16,17);1H. The fourth-order valence-electron chi connectivity index (χ4n) is 1.74. The van der Waals surface area contributed by atoms with Crippen LogP contribution in [0.5, 0.6) is 5.75 Å². The van der Waals surface area contributed by atoms with Crippen molar-refractivity contribution in [3.63, 3.8) is 0 Å². The zero-order valence-corrected chi connectivity index (χ0v) is 14.6. The van der Waals surface area contributed by atoms with Crippen LogP contribution in [0.2, 0.25) is 0 Å². The summed E-state index contributed by atoms with van der Waals surface area (Å²) in [5.74, 6) is 1.58. The number of halogens is 1. The van der Waals surface area contributed by atoms with Gasteiger partial charge in [-0.3, -0.25) is 4.99 Å². The van der Waals surface area contributed by atoms with Gasteiger partial charge in [-0.1, -0.05) is 25.1 Å². The molecule has 0 aliphatic carbocycles. The summed E-state index contributed by atoms with van der Waals surface area (Å²) in [5, 5.41) is 2.99. The summed E-state index contributed by atoms with van der Waals surface area (Å²) in [6, 6.07) is 7.96. The molecule has 0 radical (unpaired) electrons. The lowest BCUT2D eigenvalue weighted by Crippen LogP contribution is -2.34. The number of methoxy groups -OCH3 is 2. The maximum Gasteiger partial charge on any atom is 0.188 e. The van der Waals surface area contributed by atoms with E-state index >= 15 is 0 Å². The second kappa shape index (κ2) is 10.7. The summed E-state index contributed by atoms with van der Waals surface area (Å²) in [5.41, 5.74) is 6.90. The van der Waals surface area contributed by atoms with Gasteiger partial charge in [0.05, 0.1) is 13.7 Å². The van der Waals surface area contributed by atoms with Crippen molar-refractivity contribution in [3.05, 3.63) is 29.8 Å². The van der Waals surface area contributed by atoms with Gasteiger partial charge in [0.1, 0.15) is 5.75 Å². The van der Waals surface area contributed by atoms with Gasteiger partial charge < -0.3 is 20.5 Å². The van der Waals surface area contributed by atoms with E-state index in [1.54, 1.807) is 14.2 Å². The predicted octanol–water partition coefficient (Wildman–Crippen LogP) is 1.97. The average Bonchev–Trinajstić information content (AvgIpc) is 2.45. The highest BCUT2D eigenvalue weighted by Crippen LogP contribution is 2.25. The number of nitrogens with two attached hydrogens (primary N) is 1. The molecule has 0 bridgehead atoms. The zero-order chi connectivity index (χ0) is 14.1. The number of ether oxygens (including phenoxy) is 2. The van der Waals surface area contributed by atoms with Crippen molar-refractivity contribution in [2.75, 3.05) is 33.9 Å². The molecular weight excluding hydrogens is 369 g/mol. The Bertz CT molecular complexity index is 413. The van der Waals surface area contributed by atoms with E-state index in [9.17, 15) is 0 Å². The van der Waals surface area contributed by atoms with Crippen LogP contribution in [-0.4, -0.2) is 39.9 Å². The number of hydrogen-bond acceptors (Lipinski definition) is 3. The second-order valence-electron chi connectivity index (χ2n) is 4.29. The molecule has 0 saturated carbocycles. The predicted molar refractivity (Wildman–Crippen MR) is 93.2 cm³/mol. The topological polar surface area (TPSA) is 68.9 Å². The van der Waals surface area contributed by atoms with Crippen molar-refractivity contribution >= 4 is 29.9 Å². The molecule has 5 nitrogen and oxygen atoms in total. The summed E-state index contributed by atoms with van der Waals surface area (Å²) in [7, 11) is 3.33. The van der Waals surface area contributed by atoms with Gasteiger partial charge in [-0.2, -0.15) is 0 Å². The van der Waals surface area contributed by atoms with Crippen molar-refractivity contribution in [1.29, 1.82) is 0 Å². The molecule has 1 atom stereocenters. The van der Waals surface area contributed by atoms with E-state index in [2.05, 4.69) is 17.2 Å². The minimum Gasteiger partial charge on any atom is -0.496 e. The third-order valence-electron chi connectivity index (χ3n) is 2.82. The minimum atomic E-state index is 0. The summed E-state index contributed by atoms with van der Waals surface area (Å²) >= 11 is 0. The first kappa shape index (κ1) is 19.0. The molecular formula is C14H24IN3O2. The van der Waals surface area contributed by atoms with E-state index in [4.69, 9.17) is 15.2 Å². The Morgan fingerprint density at radius 3 is 2.70 bits per heavy atom. The van der Waals surface area contributed by atoms with E-state index in [1.165, 1.54) is 0 Å². The van der Waals surface area contributed by atoms with Crippen LogP contribution in [0.25, 0.3) is 0 Å². The van der Waals surface area contributed by atoms with Crippen molar-refractivity contribution in [2.45, 2.75) is 12.8 Å². The molecule has 1 rings (SSSR count). The fourth-order valence-corrected chi connectivity index (χ4v) is 1.74. The average molecular weight is 393 g/mol. The van der Waals surface area contributed by atoms with Gasteiger partial charge >= 0.3 is 0 Å². The van der Waals surface area contributed by atoms with Crippen molar-refractivity contribution < 1.29 is 9.47 Å². The van der Waals surface area contributed by atoms with Gasteiger partial charge in [-0.05, 0) is 11.6 Å². The quantitative estimate of drug-likeness (QED) is 0.322. The first-order valence-electron chi connectivity index (χ1n) is 6.34. The van der Waals surface area contributed by atoms with Gasteiger partial charge in [-0.15, -0.1) is 24.0 Å². The Morgan fingerprint density at radius 1 is 1.35 bits per heavy atom. The normalized spacial score (nSPS) is 12.4. The second-order valence-corrected chi connectivity index (χ2v) is 4.29. The smallest absolute Gasteiger partial charge is 0.188 e. The summed E-state index contributed by atoms with van der Waals surface area (Å²) in [4.78, 5) is 4.32. The Balaban J connectivity index is 0.00000361. The Hall–Kier alpha value is -1.02. The number of nitrogens with one attached hydrogen (secondary N) is 1. The fraction of sp³-hybridized carbons (Fsp3) is 0.500. The number of rotatable bonds is 7. The Morgan fingerprint density at radius 2 is 2.05 bits per heavy atom. The molecule has 114 valence electrons. The molecule has 0 aliphatic rings. The highest BCUT2D eigenvalue weighted by Gasteiger charge is 2.10. The molecule has 1 unspecified atom stereocenters. The lowest BCUT2D eigenvalue weighted by Gasteiger charge is -2.14. The molecule has 0 spiro atoms. The summed E-state index contributed by atoms with van der Waals surface area (Å²) in [6.07, 6.45) is 0. The third-order valence-corrected chi connectivity index (χ3v) is 2.82. The van der Waals surface area contributed by atoms with Gasteiger partial charge in [0, 0.05) is 26.1 Å². The number of benzene rings is 1. The molecule has 0 aliphatic heterocycles. The summed E-state index contributed by atoms with van der Waals surface area (Å²) in [6.45, 7) is 3.99. The lowest BCUT2D eigenvalue weighted by molar-refractivity contribution is 0.204. The van der Waals surface area contributed by atoms with Gasteiger partial charge in [0.2, 0.25) is 0 Å². The van der Waals surface area contributed by atoms with Crippen LogP contribution in [0.1, 0.15) is 18.4 Å². The number of aliphatic imine (C=N–C) groups is 1. The molecule has 0 amide bonds. The third kappa shape index (κ3) is 6.42. The van der Waals surface area contributed by atoms with Gasteiger partial charge in [0.25, 0.3) is 0 Å². The molecule has 3 N–H and O–H groups in total. The molecule has 0 aromatic heterocycles. The first-order valence-corrected chi connectivity index (χ1v) is 6.34. The van der Waals surface area contributed by atoms with E-state index in [0.717, 1.165) is 11.3 Å². The van der Waals surface area contributed by atoms with Crippen LogP contribution in [0.15, 0.2) is 29.3 Å². The first-order chi connectivity index (χ1) is 9.19. The lowest BCUT2D eigenvalue weighted by atomic mass is 10.0. The maximum atomic E-state index is 5.76. The molecule has 0 fully saturated rings. The Kier molecular flexibility index (Phi) is 10.2. The molecule has 20 heavy (non-hydrogen) atoms. The van der Waals surface area contributed by atoms with Crippen LogP contribution in [0.4, 0.5) is 0 Å². The number of guanidine groups is 1. The number of nitrogens with zero attached hydrogens (tertiary/aromatic N) is 1. The van der Waals surface area contributed by atoms with E-state index < -0.39 is 0 Å². The van der Waals surface area contributed by atoms with Gasteiger partial charge in [0.15, 0.2) is 5.96 Å². The molecule has 0 saturated heterocycles. The van der Waals surface area contributed by atoms with Crippen LogP contribution >= 0.6 is 24.0 Å². The van der Waals surface area contributed by atoms with Crippen LogP contribution in [0, 0.1) is 0 Å². The number of hydrogen-bond donors (Lipinski definition) is 2. The van der Waals surface area contributed by atoms with E-state index in [0.29, 0.717) is 25.7 Å². The highest BCUT2D eigenvalue weighted by molar-refractivity contribution is 14.0. The van der Waals surface area contributed by atoms with Crippen LogP contribution in [-0.2, 0) is 4.74 Å². The molecule has 0 heterocycles. The Labute approximate surface area is 138 Å². The number of para-hydroxylation sites is 1. The van der Waals surface area contributed by atoms with E-state index in [-0.39, 0.29) is 29.9 Å². The van der Waals surface area contributed by atoms with Crippen LogP contribution in [0.3, 0.4) is 0 Å². The van der Waals surface area contributed by atoms with Crippen molar-refractivity contribution in [3.8, 4) is 5.75 Å². The van der Waals surface area contributed by atoms with Crippen LogP contribution < -0.4 is 15.8 Å². The van der Waals surface area contributed by atoms with Crippen molar-refractivity contribution in [1.82, 2.24) is 5.32 Å². The monoisotopic (exact) mass is 393 g/mol. The highest BCUT2D eigenvalue weighted by atomic mass is 127. The van der Waals surface area contributed by atoms with E-state index in [1.807, 2.05) is 24.3 Å². The zero-order valence-electron chi connectivity index (χ0n) is 12.3. The minimum absolute atomic E-state index is 0. The molecule has 1 aromatic carbocycles. The SMILES string of the molecule is COCCNC(N)=NCC(C)c1ccccc1OC.I. The molecule has 1 aromatic rings. The summed E-state index contributed by atoms with van der Waals surface area (Å²) < 4.78 is 10.3.